The summed E-state index contributed by atoms with van der Waals surface area (Å²) in [5.74, 6) is 0.217. The number of rotatable bonds is 9. The van der Waals surface area contributed by atoms with Crippen LogP contribution in [0.4, 0.5) is 0 Å². The van der Waals surface area contributed by atoms with Gasteiger partial charge < -0.3 is 28.6 Å². The summed E-state index contributed by atoms with van der Waals surface area (Å²) in [6.45, 7) is 2.46. The molecule has 1 unspecified atom stereocenters. The van der Waals surface area contributed by atoms with E-state index in [1.807, 2.05) is 25.1 Å². The molecule has 0 radical (unpaired) electrons. The number of hydrogen-bond acceptors (Lipinski definition) is 7. The zero-order valence-electron chi connectivity index (χ0n) is 22.4. The molecule has 1 aliphatic rings. The average molecular weight is 540 g/mol. The van der Waals surface area contributed by atoms with Crippen molar-refractivity contribution in [3.63, 3.8) is 0 Å². The Labute approximate surface area is 232 Å². The Kier molecular flexibility index (Phi) is 7.59. The van der Waals surface area contributed by atoms with E-state index in [9.17, 15) is 14.7 Å². The first-order chi connectivity index (χ1) is 19.4. The van der Waals surface area contributed by atoms with Crippen molar-refractivity contribution in [2.45, 2.75) is 26.1 Å². The second-order valence-electron chi connectivity index (χ2n) is 9.42. The maximum atomic E-state index is 13.4. The zero-order valence-corrected chi connectivity index (χ0v) is 22.4. The number of amides is 1. The summed E-state index contributed by atoms with van der Waals surface area (Å²) >= 11 is 0. The Bertz CT molecular complexity index is 1550. The van der Waals surface area contributed by atoms with Gasteiger partial charge in [-0.1, -0.05) is 35.9 Å². The van der Waals surface area contributed by atoms with Crippen molar-refractivity contribution >= 4 is 17.4 Å². The Balaban J connectivity index is 1.50. The van der Waals surface area contributed by atoms with Crippen molar-refractivity contribution in [3.05, 3.63) is 119 Å². The normalized spacial score (nSPS) is 16.3. The SMILES string of the molecule is COc1ccc(C2C(=C(O)c3ccc(OCc4cccc(C)c4)cc3)C(=O)C(=O)N2Cc2ccco2)cc1OC. The number of carbonyl (C=O) groups excluding carboxylic acids is 2. The molecule has 4 aromatic rings. The number of aliphatic hydroxyl groups excluding tert-OH is 1. The molecular formula is C32H29NO7. The van der Waals surface area contributed by atoms with Crippen molar-refractivity contribution in [2.75, 3.05) is 14.2 Å². The van der Waals surface area contributed by atoms with E-state index in [-0.39, 0.29) is 17.9 Å². The van der Waals surface area contributed by atoms with Gasteiger partial charge in [-0.15, -0.1) is 0 Å². The highest BCUT2D eigenvalue weighted by molar-refractivity contribution is 6.46. The fourth-order valence-electron chi connectivity index (χ4n) is 4.82. The van der Waals surface area contributed by atoms with Gasteiger partial charge in [0, 0.05) is 5.56 Å². The number of methoxy groups -OCH3 is 2. The third-order valence-corrected chi connectivity index (χ3v) is 6.79. The molecule has 0 saturated carbocycles. The van der Waals surface area contributed by atoms with Gasteiger partial charge in [0.05, 0.1) is 38.6 Å². The van der Waals surface area contributed by atoms with Crippen molar-refractivity contribution in [1.29, 1.82) is 0 Å². The standard InChI is InChI=1S/C32H29NO7/c1-20-6-4-7-21(16-20)19-40-24-12-9-22(10-13-24)30(34)28-29(23-11-14-26(37-2)27(17-23)38-3)33(32(36)31(28)35)18-25-8-5-15-39-25/h4-17,29,34H,18-19H2,1-3H3. The van der Waals surface area contributed by atoms with Gasteiger partial charge in [0.25, 0.3) is 11.7 Å². The third-order valence-electron chi connectivity index (χ3n) is 6.79. The number of carbonyl (C=O) groups is 2. The summed E-state index contributed by atoms with van der Waals surface area (Å²) in [4.78, 5) is 28.0. The number of furan rings is 1. The van der Waals surface area contributed by atoms with Crippen LogP contribution in [0.25, 0.3) is 5.76 Å². The first-order valence-corrected chi connectivity index (χ1v) is 12.7. The fourth-order valence-corrected chi connectivity index (χ4v) is 4.82. The van der Waals surface area contributed by atoms with Gasteiger partial charge in [-0.2, -0.15) is 0 Å². The molecule has 0 spiro atoms. The van der Waals surface area contributed by atoms with E-state index in [2.05, 4.69) is 6.07 Å². The van der Waals surface area contributed by atoms with Crippen LogP contribution in [0, 0.1) is 6.92 Å². The molecule has 0 bridgehead atoms. The minimum Gasteiger partial charge on any atom is -0.507 e. The Hall–Kier alpha value is -4.98. The lowest BCUT2D eigenvalue weighted by Crippen LogP contribution is -2.29. The van der Waals surface area contributed by atoms with E-state index < -0.39 is 17.7 Å². The Morgan fingerprint density at radius 1 is 0.925 bits per heavy atom. The largest absolute Gasteiger partial charge is 0.507 e. The lowest BCUT2D eigenvalue weighted by atomic mass is 9.95. The molecule has 1 N–H and O–H groups in total. The fraction of sp³-hybridized carbons (Fsp3) is 0.188. The number of likely N-dealkylation sites (tertiary alicyclic amines) is 1. The number of aliphatic hydroxyl groups is 1. The summed E-state index contributed by atoms with van der Waals surface area (Å²) in [6, 6.07) is 22.5. The van der Waals surface area contributed by atoms with Crippen molar-refractivity contribution in [1.82, 2.24) is 4.90 Å². The van der Waals surface area contributed by atoms with Crippen LogP contribution in [0.15, 0.2) is 95.1 Å². The molecule has 1 saturated heterocycles. The second-order valence-corrected chi connectivity index (χ2v) is 9.42. The Morgan fingerprint density at radius 2 is 1.70 bits per heavy atom. The van der Waals surface area contributed by atoms with Gasteiger partial charge >= 0.3 is 0 Å². The molecule has 5 rings (SSSR count). The predicted octanol–water partition coefficient (Wildman–Crippen LogP) is 5.81. The van der Waals surface area contributed by atoms with Gasteiger partial charge in [-0.05, 0) is 66.6 Å². The smallest absolute Gasteiger partial charge is 0.296 e. The van der Waals surface area contributed by atoms with E-state index in [1.165, 1.54) is 25.4 Å². The number of aryl methyl sites for hydroxylation is 1. The number of hydrogen-bond donors (Lipinski definition) is 1. The van der Waals surface area contributed by atoms with Crippen molar-refractivity contribution in [3.8, 4) is 17.2 Å². The zero-order chi connectivity index (χ0) is 28.2. The summed E-state index contributed by atoms with van der Waals surface area (Å²) < 4.78 is 22.2. The maximum absolute atomic E-state index is 13.4. The van der Waals surface area contributed by atoms with Crippen LogP contribution in [-0.2, 0) is 22.7 Å². The molecule has 8 heteroatoms. The highest BCUT2D eigenvalue weighted by Gasteiger charge is 2.46. The summed E-state index contributed by atoms with van der Waals surface area (Å²) in [7, 11) is 3.03. The molecule has 1 aliphatic heterocycles. The summed E-state index contributed by atoms with van der Waals surface area (Å²) in [5.41, 5.74) is 3.11. The third kappa shape index (κ3) is 5.29. The first-order valence-electron chi connectivity index (χ1n) is 12.7. The lowest BCUT2D eigenvalue weighted by Gasteiger charge is -2.25. The number of nitrogens with zero attached hydrogens (tertiary/aromatic N) is 1. The lowest BCUT2D eigenvalue weighted by molar-refractivity contribution is -0.140. The molecule has 1 fully saturated rings. The molecule has 204 valence electrons. The van der Waals surface area contributed by atoms with Gasteiger partial charge in [0.2, 0.25) is 0 Å². The minimum absolute atomic E-state index is 0.0304. The topological polar surface area (TPSA) is 98.4 Å². The minimum atomic E-state index is -0.887. The van der Waals surface area contributed by atoms with Crippen LogP contribution in [-0.4, -0.2) is 35.9 Å². The van der Waals surface area contributed by atoms with Crippen molar-refractivity contribution in [2.24, 2.45) is 0 Å². The van der Waals surface area contributed by atoms with Crippen LogP contribution in [0.3, 0.4) is 0 Å². The van der Waals surface area contributed by atoms with Gasteiger partial charge in [-0.3, -0.25) is 9.59 Å². The van der Waals surface area contributed by atoms with Crippen LogP contribution in [0.5, 0.6) is 17.2 Å². The molecule has 8 nitrogen and oxygen atoms in total. The van der Waals surface area contributed by atoms with E-state index in [0.29, 0.717) is 40.7 Å². The highest BCUT2D eigenvalue weighted by Crippen LogP contribution is 2.42. The average Bonchev–Trinajstić information content (AvgIpc) is 3.58. The van der Waals surface area contributed by atoms with Gasteiger partial charge in [-0.25, -0.2) is 0 Å². The molecule has 0 aliphatic carbocycles. The molecule has 3 aromatic carbocycles. The van der Waals surface area contributed by atoms with Gasteiger partial charge in [0.15, 0.2) is 11.5 Å². The monoisotopic (exact) mass is 539 g/mol. The molecule has 40 heavy (non-hydrogen) atoms. The number of ketones is 1. The number of ether oxygens (including phenoxy) is 3. The van der Waals surface area contributed by atoms with E-state index in [4.69, 9.17) is 18.6 Å². The second kappa shape index (κ2) is 11.4. The summed E-state index contributed by atoms with van der Waals surface area (Å²) in [5, 5.41) is 11.4. The summed E-state index contributed by atoms with van der Waals surface area (Å²) in [6.07, 6.45) is 1.50. The maximum Gasteiger partial charge on any atom is 0.296 e. The van der Waals surface area contributed by atoms with Crippen LogP contribution < -0.4 is 14.2 Å². The Morgan fingerprint density at radius 3 is 2.38 bits per heavy atom. The van der Waals surface area contributed by atoms with Crippen molar-refractivity contribution < 1.29 is 33.3 Å². The molecule has 1 aromatic heterocycles. The number of benzene rings is 3. The van der Waals surface area contributed by atoms with E-state index >= 15 is 0 Å². The van der Waals surface area contributed by atoms with E-state index in [1.54, 1.807) is 54.6 Å². The molecule has 1 amide bonds. The quantitative estimate of drug-likeness (QED) is 0.163. The van der Waals surface area contributed by atoms with E-state index in [0.717, 1.165) is 11.1 Å². The van der Waals surface area contributed by atoms with Crippen LogP contribution >= 0.6 is 0 Å². The molecular weight excluding hydrogens is 510 g/mol. The van der Waals surface area contributed by atoms with Gasteiger partial charge in [0.1, 0.15) is 23.9 Å². The van der Waals surface area contributed by atoms with Crippen LogP contribution in [0.1, 0.15) is 34.1 Å². The molecule has 1 atom stereocenters. The first kappa shape index (κ1) is 26.6. The van der Waals surface area contributed by atoms with Crippen LogP contribution in [0.2, 0.25) is 0 Å². The predicted molar refractivity (Wildman–Crippen MR) is 148 cm³/mol. The molecule has 2 heterocycles. The highest BCUT2D eigenvalue weighted by atomic mass is 16.5. The number of Topliss-reactive ketones (excluding diaryl/α,β-unsaturated/α-hetero) is 1.